The summed E-state index contributed by atoms with van der Waals surface area (Å²) in [6.07, 6.45) is 0. The lowest BCUT2D eigenvalue weighted by molar-refractivity contribution is 0.235. The summed E-state index contributed by atoms with van der Waals surface area (Å²) in [5, 5.41) is 5.59. The molecule has 6 nitrogen and oxygen atoms in total. The van der Waals surface area contributed by atoms with Gasteiger partial charge in [0, 0.05) is 5.56 Å². The molecule has 0 aliphatic carbocycles. The molecule has 2 amide bonds. The highest BCUT2D eigenvalue weighted by molar-refractivity contribution is 7.91. The highest BCUT2D eigenvalue weighted by Gasteiger charge is 2.35. The molecule has 3 rings (SSSR count). The first-order valence-electron chi connectivity index (χ1n) is 7.73. The van der Waals surface area contributed by atoms with Gasteiger partial charge in [0.2, 0.25) is 0 Å². The summed E-state index contributed by atoms with van der Waals surface area (Å²) in [4.78, 5) is 12.6. The van der Waals surface area contributed by atoms with E-state index in [4.69, 9.17) is 4.42 Å². The minimum Gasteiger partial charge on any atom is -0.466 e. The molecule has 2 atom stereocenters. The van der Waals surface area contributed by atoms with Crippen LogP contribution in [0, 0.1) is 13.8 Å². The van der Waals surface area contributed by atoms with E-state index in [1.165, 1.54) is 0 Å². The number of urea groups is 1. The highest BCUT2D eigenvalue weighted by Crippen LogP contribution is 2.33. The van der Waals surface area contributed by atoms with Crippen molar-refractivity contribution in [1.82, 2.24) is 10.6 Å². The van der Waals surface area contributed by atoms with Crippen LogP contribution in [0.15, 0.2) is 39.6 Å². The van der Waals surface area contributed by atoms with Crippen LogP contribution in [0.1, 0.15) is 41.7 Å². The van der Waals surface area contributed by atoms with Crippen LogP contribution < -0.4 is 10.6 Å². The zero-order valence-corrected chi connectivity index (χ0v) is 14.6. The van der Waals surface area contributed by atoms with Gasteiger partial charge in [-0.25, -0.2) is 13.2 Å². The molecule has 0 bridgehead atoms. The fourth-order valence-corrected chi connectivity index (χ4v) is 4.86. The maximum absolute atomic E-state index is 12.3. The van der Waals surface area contributed by atoms with Crippen molar-refractivity contribution in [3.05, 3.63) is 53.0 Å². The van der Waals surface area contributed by atoms with Gasteiger partial charge in [-0.3, -0.25) is 0 Å². The van der Waals surface area contributed by atoms with Gasteiger partial charge in [0.15, 0.2) is 9.84 Å². The lowest BCUT2D eigenvalue weighted by Crippen LogP contribution is -2.39. The fraction of sp³-hybridized carbons (Fsp3) is 0.353. The molecule has 0 unspecified atom stereocenters. The Balaban J connectivity index is 1.71. The fourth-order valence-electron chi connectivity index (χ4n) is 3.12. The number of sulfone groups is 1. The van der Waals surface area contributed by atoms with Crippen molar-refractivity contribution in [3.8, 4) is 0 Å². The molecule has 7 heteroatoms. The van der Waals surface area contributed by atoms with Crippen LogP contribution in [0.4, 0.5) is 4.79 Å². The third-order valence-electron chi connectivity index (χ3n) is 4.21. The monoisotopic (exact) mass is 348 g/mol. The molecule has 2 aromatic rings. The summed E-state index contributed by atoms with van der Waals surface area (Å²) in [5.41, 5.74) is 1.54. The topological polar surface area (TPSA) is 88.4 Å². The molecule has 1 aliphatic rings. The van der Waals surface area contributed by atoms with Crippen LogP contribution in [0.5, 0.6) is 0 Å². The summed E-state index contributed by atoms with van der Waals surface area (Å²) in [6, 6.07) is 7.47. The Bertz CT molecular complexity index is 886. The van der Waals surface area contributed by atoms with E-state index in [0.717, 1.165) is 17.1 Å². The van der Waals surface area contributed by atoms with Crippen LogP contribution in [-0.4, -0.2) is 20.2 Å². The number of hydrogen-bond donors (Lipinski definition) is 2. The minimum absolute atomic E-state index is 0.113. The maximum Gasteiger partial charge on any atom is 0.315 e. The Morgan fingerprint density at radius 1 is 1.29 bits per heavy atom. The molecular weight excluding hydrogens is 328 g/mol. The van der Waals surface area contributed by atoms with Crippen LogP contribution in [0.25, 0.3) is 0 Å². The molecule has 2 heterocycles. The number of benzene rings is 1. The van der Waals surface area contributed by atoms with Crippen LogP contribution in [0.2, 0.25) is 0 Å². The van der Waals surface area contributed by atoms with Crippen LogP contribution in [-0.2, 0) is 9.84 Å². The van der Waals surface area contributed by atoms with Crippen LogP contribution >= 0.6 is 0 Å². The van der Waals surface area contributed by atoms with Gasteiger partial charge in [-0.05, 0) is 38.5 Å². The first kappa shape index (κ1) is 16.6. The second kappa shape index (κ2) is 5.98. The van der Waals surface area contributed by atoms with Crippen molar-refractivity contribution < 1.29 is 17.6 Å². The Morgan fingerprint density at radius 3 is 2.67 bits per heavy atom. The predicted molar refractivity (Wildman–Crippen MR) is 89.5 cm³/mol. The van der Waals surface area contributed by atoms with Crippen molar-refractivity contribution in [2.75, 3.05) is 5.75 Å². The highest BCUT2D eigenvalue weighted by atomic mass is 32.2. The lowest BCUT2D eigenvalue weighted by atomic mass is 10.1. The van der Waals surface area contributed by atoms with E-state index in [1.54, 1.807) is 24.3 Å². The summed E-state index contributed by atoms with van der Waals surface area (Å²) in [5.74, 6) is 1.43. The molecule has 0 saturated heterocycles. The Labute approximate surface area is 141 Å². The maximum atomic E-state index is 12.3. The minimum atomic E-state index is -3.34. The van der Waals surface area contributed by atoms with Crippen molar-refractivity contribution in [1.29, 1.82) is 0 Å². The molecule has 0 saturated carbocycles. The molecule has 0 fully saturated rings. The van der Waals surface area contributed by atoms with E-state index in [-0.39, 0.29) is 11.8 Å². The van der Waals surface area contributed by atoms with Gasteiger partial charge in [-0.2, -0.15) is 0 Å². The van der Waals surface area contributed by atoms with E-state index in [9.17, 15) is 13.2 Å². The summed E-state index contributed by atoms with van der Waals surface area (Å²) >= 11 is 0. The molecule has 24 heavy (non-hydrogen) atoms. The average Bonchev–Trinajstić information content (AvgIpc) is 2.96. The van der Waals surface area contributed by atoms with Crippen molar-refractivity contribution >= 4 is 15.9 Å². The molecular formula is C17H20N2O4S. The Morgan fingerprint density at radius 2 is 2.00 bits per heavy atom. The van der Waals surface area contributed by atoms with Gasteiger partial charge in [-0.1, -0.05) is 18.2 Å². The molecule has 1 aromatic heterocycles. The van der Waals surface area contributed by atoms with Crippen molar-refractivity contribution in [2.24, 2.45) is 0 Å². The predicted octanol–water partition coefficient (Wildman–Crippen LogP) is 2.79. The second-order valence-electron chi connectivity index (χ2n) is 6.08. The van der Waals surface area contributed by atoms with E-state index in [1.807, 2.05) is 26.8 Å². The van der Waals surface area contributed by atoms with E-state index < -0.39 is 21.9 Å². The number of amides is 2. The van der Waals surface area contributed by atoms with Gasteiger partial charge >= 0.3 is 6.03 Å². The van der Waals surface area contributed by atoms with Gasteiger partial charge in [0.05, 0.1) is 22.7 Å². The first-order valence-corrected chi connectivity index (χ1v) is 9.39. The summed E-state index contributed by atoms with van der Waals surface area (Å²) < 4.78 is 29.8. The number of furan rings is 1. The standard InChI is InChI=1S/C17H20N2O4S/c1-10-8-14(12(3)23-10)11(2)18-17(20)19-15-9-24(21,22)16-7-5-4-6-13(15)16/h4-8,11,15H,9H2,1-3H3,(H2,18,19,20)/t11-,15-/m0/s1. The number of nitrogens with one attached hydrogen (secondary N) is 2. The molecule has 128 valence electrons. The van der Waals surface area contributed by atoms with Crippen LogP contribution in [0.3, 0.4) is 0 Å². The lowest BCUT2D eigenvalue weighted by Gasteiger charge is -2.17. The zero-order valence-electron chi connectivity index (χ0n) is 13.8. The molecule has 1 aromatic carbocycles. The zero-order chi connectivity index (χ0) is 17.5. The second-order valence-corrected chi connectivity index (χ2v) is 8.08. The largest absolute Gasteiger partial charge is 0.466 e. The first-order chi connectivity index (χ1) is 11.3. The van der Waals surface area contributed by atoms with E-state index in [2.05, 4.69) is 10.6 Å². The number of rotatable bonds is 3. The molecule has 2 N–H and O–H groups in total. The summed E-state index contributed by atoms with van der Waals surface area (Å²) in [6.45, 7) is 5.55. The molecule has 1 aliphatic heterocycles. The van der Waals surface area contributed by atoms with Crippen molar-refractivity contribution in [2.45, 2.75) is 37.8 Å². The quantitative estimate of drug-likeness (QED) is 0.893. The third kappa shape index (κ3) is 3.03. The normalized spacial score (nSPS) is 19.5. The van der Waals surface area contributed by atoms with Gasteiger partial charge in [-0.15, -0.1) is 0 Å². The number of carbonyl (C=O) groups excluding carboxylic acids is 1. The van der Waals surface area contributed by atoms with Gasteiger partial charge in [0.1, 0.15) is 11.5 Å². The van der Waals surface area contributed by atoms with Gasteiger partial charge < -0.3 is 15.1 Å². The summed E-state index contributed by atoms with van der Waals surface area (Å²) in [7, 11) is -3.34. The van der Waals surface area contributed by atoms with E-state index in [0.29, 0.717) is 10.5 Å². The molecule has 0 spiro atoms. The van der Waals surface area contributed by atoms with E-state index >= 15 is 0 Å². The number of aryl methyl sites for hydroxylation is 2. The Kier molecular flexibility index (Phi) is 4.13. The average molecular weight is 348 g/mol. The number of hydrogen-bond acceptors (Lipinski definition) is 4. The smallest absolute Gasteiger partial charge is 0.315 e. The molecule has 0 radical (unpaired) electrons. The third-order valence-corrected chi connectivity index (χ3v) is 6.03. The Hall–Kier alpha value is -2.28. The number of fused-ring (bicyclic) bond motifs is 1. The SMILES string of the molecule is Cc1cc([C@H](C)NC(=O)N[C@H]2CS(=O)(=O)c3ccccc32)c(C)o1. The van der Waals surface area contributed by atoms with Gasteiger partial charge in [0.25, 0.3) is 0 Å². The van der Waals surface area contributed by atoms with Crippen molar-refractivity contribution in [3.63, 3.8) is 0 Å². The number of carbonyl (C=O) groups is 1.